The van der Waals surface area contributed by atoms with Gasteiger partial charge < -0.3 is 10.8 Å². The van der Waals surface area contributed by atoms with Crippen molar-refractivity contribution in [3.63, 3.8) is 0 Å². The van der Waals surface area contributed by atoms with Gasteiger partial charge >= 0.3 is 0 Å². The van der Waals surface area contributed by atoms with Crippen molar-refractivity contribution in [3.05, 3.63) is 54.1 Å². The largest absolute Gasteiger partial charge is 0.398 e. The van der Waals surface area contributed by atoms with Crippen LogP contribution in [0, 0.1) is 0 Å². The van der Waals surface area contributed by atoms with Crippen molar-refractivity contribution in [2.24, 2.45) is 0 Å². The highest BCUT2D eigenvalue weighted by Crippen LogP contribution is 2.28. The summed E-state index contributed by atoms with van der Waals surface area (Å²) in [6, 6.07) is 15.4. The van der Waals surface area contributed by atoms with Crippen molar-refractivity contribution >= 4 is 5.69 Å². The van der Waals surface area contributed by atoms with E-state index in [1.807, 2.05) is 48.5 Å². The summed E-state index contributed by atoms with van der Waals surface area (Å²) in [5.41, 5.74) is 9.50. The predicted octanol–water partition coefficient (Wildman–Crippen LogP) is 2.43. The fourth-order valence-corrected chi connectivity index (χ4v) is 1.66. The first-order valence-electron chi connectivity index (χ1n) is 4.86. The molecule has 0 unspecified atom stereocenters. The van der Waals surface area contributed by atoms with Crippen molar-refractivity contribution in [3.8, 4) is 11.1 Å². The molecule has 0 aliphatic rings. The molecule has 0 amide bonds. The Morgan fingerprint density at radius 3 is 2.13 bits per heavy atom. The van der Waals surface area contributed by atoms with Gasteiger partial charge in [-0.3, -0.25) is 0 Å². The van der Waals surface area contributed by atoms with Crippen molar-refractivity contribution in [1.29, 1.82) is 0 Å². The van der Waals surface area contributed by atoms with Crippen LogP contribution in [0.5, 0.6) is 0 Å². The number of benzene rings is 2. The van der Waals surface area contributed by atoms with Gasteiger partial charge in [0.25, 0.3) is 0 Å². The molecule has 0 bridgehead atoms. The molecule has 0 aromatic heterocycles. The molecule has 3 N–H and O–H groups in total. The van der Waals surface area contributed by atoms with Crippen molar-refractivity contribution in [2.45, 2.75) is 6.61 Å². The molecule has 2 heteroatoms. The molecule has 2 nitrogen and oxygen atoms in total. The zero-order chi connectivity index (χ0) is 10.7. The summed E-state index contributed by atoms with van der Waals surface area (Å²) in [4.78, 5) is 0. The zero-order valence-electron chi connectivity index (χ0n) is 8.35. The predicted molar refractivity (Wildman–Crippen MR) is 62.2 cm³/mol. The molecule has 0 saturated heterocycles. The van der Waals surface area contributed by atoms with Crippen LogP contribution in [-0.2, 0) is 6.61 Å². The summed E-state index contributed by atoms with van der Waals surface area (Å²) in [6.45, 7) is 0.0322. The van der Waals surface area contributed by atoms with E-state index < -0.39 is 0 Å². The summed E-state index contributed by atoms with van der Waals surface area (Å²) in [5, 5.41) is 9.23. The zero-order valence-corrected chi connectivity index (χ0v) is 8.35. The standard InChI is InChI=1S/C13H13NO/c14-13-8-4-3-7-12(13)11-6-2-1-5-10(11)9-15/h1-8,15H,9,14H2. The normalized spacial score (nSPS) is 10.2. The molecule has 76 valence electrons. The second-order valence-corrected chi connectivity index (χ2v) is 3.40. The van der Waals surface area contributed by atoms with Gasteiger partial charge in [-0.15, -0.1) is 0 Å². The fourth-order valence-electron chi connectivity index (χ4n) is 1.66. The highest BCUT2D eigenvalue weighted by Gasteiger charge is 2.05. The van der Waals surface area contributed by atoms with Gasteiger partial charge in [-0.2, -0.15) is 0 Å². The molecule has 2 aromatic rings. The van der Waals surface area contributed by atoms with E-state index in [2.05, 4.69) is 0 Å². The monoisotopic (exact) mass is 199 g/mol. The number of hydrogen-bond acceptors (Lipinski definition) is 2. The Bertz CT molecular complexity index is 466. The first-order valence-corrected chi connectivity index (χ1v) is 4.86. The number of aliphatic hydroxyl groups excluding tert-OH is 1. The molecule has 0 heterocycles. The molecule has 2 aromatic carbocycles. The fraction of sp³-hybridized carbons (Fsp3) is 0.0769. The summed E-state index contributed by atoms with van der Waals surface area (Å²) >= 11 is 0. The Morgan fingerprint density at radius 1 is 0.867 bits per heavy atom. The highest BCUT2D eigenvalue weighted by atomic mass is 16.3. The second kappa shape index (κ2) is 4.15. The number of anilines is 1. The quantitative estimate of drug-likeness (QED) is 0.730. The van der Waals surface area contributed by atoms with E-state index in [0.717, 1.165) is 22.4 Å². The van der Waals surface area contributed by atoms with Crippen LogP contribution in [0.4, 0.5) is 5.69 Å². The van der Waals surface area contributed by atoms with E-state index in [9.17, 15) is 5.11 Å². The van der Waals surface area contributed by atoms with Crippen molar-refractivity contribution < 1.29 is 5.11 Å². The Morgan fingerprint density at radius 2 is 1.47 bits per heavy atom. The minimum Gasteiger partial charge on any atom is -0.398 e. The first kappa shape index (κ1) is 9.74. The van der Waals surface area contributed by atoms with Gasteiger partial charge in [0.05, 0.1) is 6.61 Å². The highest BCUT2D eigenvalue weighted by molar-refractivity contribution is 5.78. The number of para-hydroxylation sites is 1. The lowest BCUT2D eigenvalue weighted by Crippen LogP contribution is -1.93. The van der Waals surface area contributed by atoms with Gasteiger partial charge in [-0.25, -0.2) is 0 Å². The average Bonchev–Trinajstić information content (AvgIpc) is 2.30. The van der Waals surface area contributed by atoms with Crippen LogP contribution in [-0.4, -0.2) is 5.11 Å². The topological polar surface area (TPSA) is 46.2 Å². The molecule has 0 atom stereocenters. The summed E-state index contributed by atoms with van der Waals surface area (Å²) in [5.74, 6) is 0. The minimum atomic E-state index is 0.0322. The van der Waals surface area contributed by atoms with Crippen LogP contribution in [0.3, 0.4) is 0 Å². The Labute approximate surface area is 89.0 Å². The average molecular weight is 199 g/mol. The van der Waals surface area contributed by atoms with Crippen LogP contribution in [0.15, 0.2) is 48.5 Å². The molecule has 0 fully saturated rings. The Balaban J connectivity index is 2.59. The molecular weight excluding hydrogens is 186 g/mol. The maximum Gasteiger partial charge on any atom is 0.0687 e. The minimum absolute atomic E-state index is 0.0322. The number of nitrogen functional groups attached to an aromatic ring is 1. The van der Waals surface area contributed by atoms with Gasteiger partial charge in [0.15, 0.2) is 0 Å². The van der Waals surface area contributed by atoms with Gasteiger partial charge in [0, 0.05) is 11.3 Å². The molecule has 0 saturated carbocycles. The summed E-state index contributed by atoms with van der Waals surface area (Å²) < 4.78 is 0. The van der Waals surface area contributed by atoms with E-state index in [0.29, 0.717) is 0 Å². The number of aliphatic hydroxyl groups is 1. The Kier molecular flexibility index (Phi) is 2.70. The van der Waals surface area contributed by atoms with Gasteiger partial charge in [0.2, 0.25) is 0 Å². The summed E-state index contributed by atoms with van der Waals surface area (Å²) in [6.07, 6.45) is 0. The van der Waals surface area contributed by atoms with Crippen molar-refractivity contribution in [2.75, 3.05) is 5.73 Å². The maximum absolute atomic E-state index is 9.23. The lowest BCUT2D eigenvalue weighted by atomic mass is 9.99. The molecular formula is C13H13NO. The van der Waals surface area contributed by atoms with Crippen LogP contribution in [0.25, 0.3) is 11.1 Å². The maximum atomic E-state index is 9.23. The third-order valence-electron chi connectivity index (χ3n) is 2.44. The summed E-state index contributed by atoms with van der Waals surface area (Å²) in [7, 11) is 0. The molecule has 0 aliphatic carbocycles. The third kappa shape index (κ3) is 1.85. The van der Waals surface area contributed by atoms with E-state index in [1.54, 1.807) is 0 Å². The molecule has 2 rings (SSSR count). The van der Waals surface area contributed by atoms with Gasteiger partial charge in [-0.1, -0.05) is 42.5 Å². The molecule has 15 heavy (non-hydrogen) atoms. The lowest BCUT2D eigenvalue weighted by Gasteiger charge is -2.09. The third-order valence-corrected chi connectivity index (χ3v) is 2.44. The van der Waals surface area contributed by atoms with E-state index in [1.165, 1.54) is 0 Å². The first-order chi connectivity index (χ1) is 7.33. The van der Waals surface area contributed by atoms with E-state index in [-0.39, 0.29) is 6.61 Å². The lowest BCUT2D eigenvalue weighted by molar-refractivity contribution is 0.282. The Hall–Kier alpha value is -1.80. The van der Waals surface area contributed by atoms with E-state index >= 15 is 0 Å². The smallest absolute Gasteiger partial charge is 0.0687 e. The number of rotatable bonds is 2. The van der Waals surface area contributed by atoms with Crippen LogP contribution in [0.2, 0.25) is 0 Å². The van der Waals surface area contributed by atoms with Gasteiger partial charge in [0.1, 0.15) is 0 Å². The number of nitrogens with two attached hydrogens (primary N) is 1. The second-order valence-electron chi connectivity index (χ2n) is 3.40. The molecule has 0 aliphatic heterocycles. The SMILES string of the molecule is Nc1ccccc1-c1ccccc1CO. The van der Waals surface area contributed by atoms with Crippen LogP contribution >= 0.6 is 0 Å². The van der Waals surface area contributed by atoms with E-state index in [4.69, 9.17) is 5.73 Å². The van der Waals surface area contributed by atoms with Crippen LogP contribution in [0.1, 0.15) is 5.56 Å². The van der Waals surface area contributed by atoms with Gasteiger partial charge in [-0.05, 0) is 17.2 Å². The van der Waals surface area contributed by atoms with Crippen LogP contribution < -0.4 is 5.73 Å². The molecule has 0 radical (unpaired) electrons. The molecule has 0 spiro atoms. The number of hydrogen-bond donors (Lipinski definition) is 2. The van der Waals surface area contributed by atoms with Crippen molar-refractivity contribution in [1.82, 2.24) is 0 Å².